The number of methoxy groups -OCH3 is 1. The highest BCUT2D eigenvalue weighted by molar-refractivity contribution is 7.13. The molecule has 4 aromatic heterocycles. The lowest BCUT2D eigenvalue weighted by molar-refractivity contribution is -0.144. The van der Waals surface area contributed by atoms with E-state index in [4.69, 9.17) is 4.74 Å². The Morgan fingerprint density at radius 1 is 0.842 bits per heavy atom. The van der Waals surface area contributed by atoms with E-state index >= 15 is 0 Å². The highest BCUT2D eigenvalue weighted by Crippen LogP contribution is 2.38. The highest BCUT2D eigenvalue weighted by atomic mass is 32.1. The number of hydrogen-bond acceptors (Lipinski definition) is 15. The molecule has 0 bridgehead atoms. The Morgan fingerprint density at radius 3 is 2.24 bits per heavy atom. The van der Waals surface area contributed by atoms with E-state index in [1.54, 1.807) is 61.8 Å². The molecule has 6 aromatic rings. The maximum atomic E-state index is 14.0. The number of aromatic nitrogens is 6. The smallest absolute Gasteiger partial charge is 0.254 e. The first-order valence-electron chi connectivity index (χ1n) is 25.6. The minimum atomic E-state index is -0.878. The molecule has 3 unspecified atom stereocenters. The summed E-state index contributed by atoms with van der Waals surface area (Å²) in [5, 5.41) is 33.0. The Kier molecular flexibility index (Phi) is 19.2. The van der Waals surface area contributed by atoms with Crippen molar-refractivity contribution in [2.75, 3.05) is 37.9 Å². The minimum absolute atomic E-state index is 0.0137. The summed E-state index contributed by atoms with van der Waals surface area (Å²) in [6.07, 6.45) is 10.3. The zero-order valence-corrected chi connectivity index (χ0v) is 45.1. The molecule has 1 aliphatic heterocycles. The van der Waals surface area contributed by atoms with Gasteiger partial charge in [0.15, 0.2) is 11.6 Å². The number of aliphatic hydroxyl groups is 1. The van der Waals surface area contributed by atoms with Crippen LogP contribution in [0, 0.1) is 12.3 Å². The molecule has 0 spiro atoms. The van der Waals surface area contributed by atoms with Gasteiger partial charge in [-0.25, -0.2) is 19.9 Å². The molecule has 0 radical (unpaired) electrons. The quantitative estimate of drug-likeness (QED) is 0.0296. The number of benzene rings is 2. The van der Waals surface area contributed by atoms with Crippen molar-refractivity contribution in [3.05, 3.63) is 107 Å². The topological polar surface area (TPSA) is 260 Å². The van der Waals surface area contributed by atoms with E-state index < -0.39 is 23.6 Å². The second-order valence-electron chi connectivity index (χ2n) is 19.9. The van der Waals surface area contributed by atoms with Crippen molar-refractivity contribution in [3.63, 3.8) is 0 Å². The van der Waals surface area contributed by atoms with Crippen molar-refractivity contribution in [2.45, 2.75) is 110 Å². The number of para-hydroxylation sites is 1. The van der Waals surface area contributed by atoms with Crippen molar-refractivity contribution < 1.29 is 33.8 Å². The number of amides is 5. The first-order valence-corrected chi connectivity index (χ1v) is 26.5. The average Bonchev–Trinajstić information content (AvgIpc) is 4.16. The van der Waals surface area contributed by atoms with Gasteiger partial charge in [-0.15, -0.1) is 11.3 Å². The van der Waals surface area contributed by atoms with E-state index in [0.29, 0.717) is 64.2 Å². The van der Waals surface area contributed by atoms with Crippen LogP contribution in [0.2, 0.25) is 0 Å². The molecule has 1 saturated heterocycles. The first-order chi connectivity index (χ1) is 36.5. The number of anilines is 4. The van der Waals surface area contributed by atoms with Gasteiger partial charge < -0.3 is 46.6 Å². The summed E-state index contributed by atoms with van der Waals surface area (Å²) in [6, 6.07) is 16.7. The van der Waals surface area contributed by atoms with Crippen molar-refractivity contribution in [1.82, 2.24) is 55.9 Å². The number of aliphatic hydroxyl groups excluding tert-OH is 1. The molecule has 20 nitrogen and oxygen atoms in total. The highest BCUT2D eigenvalue weighted by Gasteiger charge is 2.44. The van der Waals surface area contributed by atoms with Gasteiger partial charge in [0.1, 0.15) is 30.0 Å². The number of carbonyl (C=O) groups is 5. The van der Waals surface area contributed by atoms with Crippen LogP contribution in [0.25, 0.3) is 21.8 Å². The number of pyridine rings is 2. The molecular formula is C55H69N13O7S. The maximum absolute atomic E-state index is 14.0. The molecule has 0 aliphatic carbocycles. The van der Waals surface area contributed by atoms with Crippen LogP contribution in [0.15, 0.2) is 84.9 Å². The fourth-order valence-corrected chi connectivity index (χ4v) is 9.74. The van der Waals surface area contributed by atoms with Crippen LogP contribution in [0.4, 0.5) is 23.0 Å². The lowest BCUT2D eigenvalue weighted by atomic mass is 9.85. The molecule has 7 N–H and O–H groups in total. The van der Waals surface area contributed by atoms with Crippen LogP contribution < -0.4 is 36.6 Å². The lowest BCUT2D eigenvalue weighted by Crippen LogP contribution is -2.57. The van der Waals surface area contributed by atoms with Crippen LogP contribution in [-0.4, -0.2) is 115 Å². The van der Waals surface area contributed by atoms with Crippen molar-refractivity contribution in [3.8, 4) is 27.6 Å². The second kappa shape index (κ2) is 26.1. The third-order valence-corrected chi connectivity index (χ3v) is 14.0. The molecular weight excluding hydrogens is 987 g/mol. The molecule has 1 fully saturated rings. The maximum Gasteiger partial charge on any atom is 0.254 e. The fraction of sp³-hybridized carbons (Fsp3) is 0.418. The number of thiazole rings is 1. The summed E-state index contributed by atoms with van der Waals surface area (Å²) in [6.45, 7) is 8.40. The number of nitrogens with one attached hydrogen (secondary N) is 6. The normalized spacial score (nSPS) is 14.7. The molecule has 76 heavy (non-hydrogen) atoms. The van der Waals surface area contributed by atoms with Gasteiger partial charge >= 0.3 is 0 Å². The largest absolute Gasteiger partial charge is 0.494 e. The summed E-state index contributed by atoms with van der Waals surface area (Å²) in [7, 11) is 4.87. The number of carbonyl (C=O) groups excluding carboxylic acids is 5. The number of β-amino-alcohol motifs (C(OH)–C–C–N with tert-alkyl or cyclic N) is 1. The Balaban J connectivity index is 0.791. The van der Waals surface area contributed by atoms with Gasteiger partial charge in [0.2, 0.25) is 17.7 Å². The number of likely N-dealkylation sites (tertiary alicyclic amines) is 1. The number of nitrogens with zero attached hydrogens (tertiary/aromatic N) is 7. The fourth-order valence-electron chi connectivity index (χ4n) is 8.93. The van der Waals surface area contributed by atoms with Crippen LogP contribution in [0.1, 0.15) is 111 Å². The number of hydrogen-bond donors (Lipinski definition) is 7. The zero-order valence-electron chi connectivity index (χ0n) is 44.2. The molecule has 0 saturated carbocycles. The molecule has 402 valence electrons. The van der Waals surface area contributed by atoms with E-state index in [2.05, 4.69) is 56.9 Å². The molecule has 7 rings (SSSR count). The van der Waals surface area contributed by atoms with E-state index in [1.165, 1.54) is 17.3 Å². The molecule has 3 atom stereocenters. The van der Waals surface area contributed by atoms with Gasteiger partial charge in [-0.3, -0.25) is 28.7 Å². The second-order valence-corrected chi connectivity index (χ2v) is 20.8. The summed E-state index contributed by atoms with van der Waals surface area (Å²) >= 11 is 1.58. The van der Waals surface area contributed by atoms with E-state index in [9.17, 15) is 29.1 Å². The summed E-state index contributed by atoms with van der Waals surface area (Å²) < 4.78 is 7.36. The summed E-state index contributed by atoms with van der Waals surface area (Å²) in [4.78, 5) is 86.6. The third-order valence-electron chi connectivity index (χ3n) is 13.1. The number of ether oxygens (including phenoxy) is 1. The third kappa shape index (κ3) is 14.7. The van der Waals surface area contributed by atoms with Crippen LogP contribution >= 0.6 is 11.3 Å². The first kappa shape index (κ1) is 56.0. The van der Waals surface area contributed by atoms with Gasteiger partial charge in [-0.05, 0) is 60.6 Å². The SMILES string of the molecule is CNC(=O)c1cnc(Nc2ccc(C(=O)NCCCCCCCCCC(=O)NC(C(=O)N3CC(O)CC3C(=O)NCc3ccc(-c4scnc4C)cc3)C(C)(C)C)cn2)cc1Nc1cccc(-c2ncn(C)n2)c1OC. The van der Waals surface area contributed by atoms with Gasteiger partial charge in [0.05, 0.1) is 57.4 Å². The molecule has 2 aromatic carbocycles. The van der Waals surface area contributed by atoms with E-state index in [-0.39, 0.29) is 55.5 Å². The Labute approximate surface area is 447 Å². The predicted octanol–water partition coefficient (Wildman–Crippen LogP) is 7.22. The van der Waals surface area contributed by atoms with Gasteiger partial charge in [0.25, 0.3) is 11.8 Å². The van der Waals surface area contributed by atoms with Crippen molar-refractivity contribution in [1.29, 1.82) is 0 Å². The number of rotatable bonds is 24. The standard InChI is InChI=1S/C55H69N13O7S/c1-34-48(76-33-62-34)36-21-19-35(20-22-36)28-60-53(73)43-26-38(69)31-68(43)54(74)49(55(2,3)4)65-46(70)18-13-11-9-8-10-12-14-25-57-51(71)37-23-24-44(58-29-37)64-45-27-42(40(30-59-45)52(72)56-5)63-41-17-15-16-39(47(41)75-7)50-61-32-67(6)66-50/h15-17,19-24,27,29-30,32-33,38,43,49,69H,8-14,18,25-26,28,31H2,1-7H3,(H,56,72)(H,57,71)(H,60,73)(H,65,70)(H2,58,59,63,64). The molecule has 5 heterocycles. The zero-order chi connectivity index (χ0) is 54.4. The Hall–Kier alpha value is -7.78. The minimum Gasteiger partial charge on any atom is -0.494 e. The molecule has 21 heteroatoms. The van der Waals surface area contributed by atoms with Crippen LogP contribution in [0.5, 0.6) is 5.75 Å². The lowest BCUT2D eigenvalue weighted by Gasteiger charge is -2.35. The average molecular weight is 1060 g/mol. The predicted molar refractivity (Wildman–Crippen MR) is 292 cm³/mol. The number of unbranched alkanes of at least 4 members (excludes halogenated alkanes) is 6. The van der Waals surface area contributed by atoms with Crippen LogP contribution in [0.3, 0.4) is 0 Å². The Morgan fingerprint density at radius 2 is 1.58 bits per heavy atom. The van der Waals surface area contributed by atoms with E-state index in [1.807, 2.05) is 75.7 Å². The van der Waals surface area contributed by atoms with Crippen molar-refractivity contribution >= 4 is 63.9 Å². The van der Waals surface area contributed by atoms with Crippen molar-refractivity contribution in [2.24, 2.45) is 12.5 Å². The molecule has 5 amide bonds. The summed E-state index contributed by atoms with van der Waals surface area (Å²) in [5.41, 5.74) is 6.51. The van der Waals surface area contributed by atoms with Crippen LogP contribution in [-0.2, 0) is 28.0 Å². The monoisotopic (exact) mass is 1060 g/mol. The summed E-state index contributed by atoms with van der Waals surface area (Å²) in [5.74, 6) is 0.297. The van der Waals surface area contributed by atoms with Gasteiger partial charge in [-0.2, -0.15) is 5.10 Å². The Bertz CT molecular complexity index is 2950. The number of aryl methyl sites for hydroxylation is 2. The van der Waals surface area contributed by atoms with Gasteiger partial charge in [0, 0.05) is 65.0 Å². The molecule has 1 aliphatic rings. The van der Waals surface area contributed by atoms with Gasteiger partial charge in [-0.1, -0.05) is 83.2 Å². The van der Waals surface area contributed by atoms with E-state index in [0.717, 1.165) is 60.2 Å².